The van der Waals surface area contributed by atoms with Crippen LogP contribution in [0.3, 0.4) is 0 Å². The molecule has 0 spiro atoms. The summed E-state index contributed by atoms with van der Waals surface area (Å²) in [6.45, 7) is 6.27. The van der Waals surface area contributed by atoms with E-state index in [2.05, 4.69) is 41.9 Å². The molecule has 0 saturated carbocycles. The molecule has 1 amide bonds. The molecule has 0 atom stereocenters. The fourth-order valence-corrected chi connectivity index (χ4v) is 4.69. The highest BCUT2D eigenvalue weighted by Gasteiger charge is 2.17. The topological polar surface area (TPSA) is 83.8 Å². The number of nitrogens with zero attached hydrogens (tertiary/aromatic N) is 2. The van der Waals surface area contributed by atoms with Crippen molar-refractivity contribution in [2.45, 2.75) is 46.1 Å². The van der Waals surface area contributed by atoms with Crippen molar-refractivity contribution in [3.63, 3.8) is 0 Å². The Hall–Kier alpha value is -4.20. The first-order chi connectivity index (χ1) is 19.4. The summed E-state index contributed by atoms with van der Waals surface area (Å²) in [5.74, 6) is 3.10. The summed E-state index contributed by atoms with van der Waals surface area (Å²) < 4.78 is 24.4. The van der Waals surface area contributed by atoms with Crippen molar-refractivity contribution in [3.8, 4) is 23.0 Å². The number of aryl methyl sites for hydroxylation is 4. The van der Waals surface area contributed by atoms with E-state index < -0.39 is 0 Å². The lowest BCUT2D eigenvalue weighted by Gasteiger charge is -2.14. The number of imidazole rings is 1. The highest BCUT2D eigenvalue weighted by molar-refractivity contribution is 5.95. The van der Waals surface area contributed by atoms with E-state index in [-0.39, 0.29) is 5.91 Å². The van der Waals surface area contributed by atoms with Gasteiger partial charge in [-0.15, -0.1) is 0 Å². The number of ether oxygens (including phenoxy) is 4. The average molecular weight is 546 g/mol. The molecule has 0 aliphatic heterocycles. The van der Waals surface area contributed by atoms with Crippen molar-refractivity contribution >= 4 is 16.9 Å². The van der Waals surface area contributed by atoms with Gasteiger partial charge >= 0.3 is 0 Å². The van der Waals surface area contributed by atoms with E-state index >= 15 is 0 Å². The van der Waals surface area contributed by atoms with Gasteiger partial charge in [0.2, 0.25) is 5.75 Å². The summed E-state index contributed by atoms with van der Waals surface area (Å²) in [5, 5.41) is 3.00. The van der Waals surface area contributed by atoms with Crippen molar-refractivity contribution in [2.75, 3.05) is 34.5 Å². The average Bonchev–Trinajstić information content (AvgIpc) is 3.33. The Balaban J connectivity index is 1.32. The van der Waals surface area contributed by atoms with Crippen LogP contribution in [0.2, 0.25) is 0 Å². The Morgan fingerprint density at radius 1 is 0.875 bits per heavy atom. The van der Waals surface area contributed by atoms with E-state index in [1.54, 1.807) is 12.1 Å². The zero-order valence-corrected chi connectivity index (χ0v) is 24.1. The van der Waals surface area contributed by atoms with Crippen LogP contribution in [-0.4, -0.2) is 49.9 Å². The van der Waals surface area contributed by atoms with Crippen molar-refractivity contribution in [1.82, 2.24) is 14.9 Å². The molecule has 0 aliphatic carbocycles. The molecule has 1 N–H and O–H groups in total. The molecular formula is C32H39N3O5. The maximum Gasteiger partial charge on any atom is 0.251 e. The van der Waals surface area contributed by atoms with E-state index in [1.165, 1.54) is 32.5 Å². The number of carbonyl (C=O) groups excluding carboxylic acids is 1. The molecule has 1 aromatic heterocycles. The summed E-state index contributed by atoms with van der Waals surface area (Å²) in [5.41, 5.74) is 5.09. The molecule has 0 bridgehead atoms. The molecule has 0 radical (unpaired) electrons. The molecule has 0 fully saturated rings. The predicted octanol–water partition coefficient (Wildman–Crippen LogP) is 5.90. The van der Waals surface area contributed by atoms with Gasteiger partial charge in [-0.3, -0.25) is 4.79 Å². The predicted molar refractivity (Wildman–Crippen MR) is 157 cm³/mol. The first kappa shape index (κ1) is 28.8. The van der Waals surface area contributed by atoms with Gasteiger partial charge in [-0.1, -0.05) is 18.2 Å². The third-order valence-electron chi connectivity index (χ3n) is 7.05. The number of carbonyl (C=O) groups is 1. The summed E-state index contributed by atoms with van der Waals surface area (Å²) in [7, 11) is 4.60. The minimum Gasteiger partial charge on any atom is -0.494 e. The zero-order chi connectivity index (χ0) is 28.5. The molecule has 40 heavy (non-hydrogen) atoms. The molecule has 8 nitrogen and oxygen atoms in total. The highest BCUT2D eigenvalue weighted by atomic mass is 16.5. The van der Waals surface area contributed by atoms with Crippen molar-refractivity contribution < 1.29 is 23.7 Å². The summed E-state index contributed by atoms with van der Waals surface area (Å²) >= 11 is 0. The Morgan fingerprint density at radius 3 is 2.33 bits per heavy atom. The van der Waals surface area contributed by atoms with Gasteiger partial charge in [0.1, 0.15) is 11.6 Å². The van der Waals surface area contributed by atoms with Crippen LogP contribution in [0.1, 0.15) is 46.6 Å². The zero-order valence-electron chi connectivity index (χ0n) is 24.1. The number of fused-ring (bicyclic) bond motifs is 1. The van der Waals surface area contributed by atoms with E-state index in [4.69, 9.17) is 23.9 Å². The molecule has 3 aromatic carbocycles. The van der Waals surface area contributed by atoms with Crippen LogP contribution in [0.25, 0.3) is 11.0 Å². The van der Waals surface area contributed by atoms with E-state index in [9.17, 15) is 4.79 Å². The molecule has 0 aliphatic rings. The molecular weight excluding hydrogens is 506 g/mol. The SMILES string of the molecule is COc1cc(C(=O)NCCCc2nc3ccccc3n2CCCCOc2ccc(C)c(C)c2)cc(OC)c1OC. The Morgan fingerprint density at radius 2 is 1.62 bits per heavy atom. The van der Waals surface area contributed by atoms with Gasteiger partial charge in [0.15, 0.2) is 11.5 Å². The van der Waals surface area contributed by atoms with Gasteiger partial charge in [-0.05, 0) is 80.6 Å². The number of amides is 1. The number of para-hydroxylation sites is 2. The van der Waals surface area contributed by atoms with Crippen LogP contribution in [-0.2, 0) is 13.0 Å². The normalized spacial score (nSPS) is 10.9. The summed E-state index contributed by atoms with van der Waals surface area (Å²) in [4.78, 5) is 17.7. The van der Waals surface area contributed by atoms with Crippen LogP contribution in [0.4, 0.5) is 0 Å². The molecule has 4 aromatic rings. The van der Waals surface area contributed by atoms with Gasteiger partial charge < -0.3 is 28.8 Å². The third kappa shape index (κ3) is 6.86. The first-order valence-electron chi connectivity index (χ1n) is 13.7. The van der Waals surface area contributed by atoms with E-state index in [0.29, 0.717) is 36.0 Å². The van der Waals surface area contributed by atoms with Crippen LogP contribution in [0, 0.1) is 13.8 Å². The van der Waals surface area contributed by atoms with Crippen LogP contribution < -0.4 is 24.3 Å². The lowest BCUT2D eigenvalue weighted by atomic mass is 10.1. The second-order valence-electron chi connectivity index (χ2n) is 9.74. The smallest absolute Gasteiger partial charge is 0.251 e. The molecule has 212 valence electrons. The molecule has 0 saturated heterocycles. The fraction of sp³-hybridized carbons (Fsp3) is 0.375. The maximum atomic E-state index is 12.8. The van der Waals surface area contributed by atoms with Crippen LogP contribution in [0.15, 0.2) is 54.6 Å². The van der Waals surface area contributed by atoms with E-state index in [0.717, 1.165) is 54.8 Å². The highest BCUT2D eigenvalue weighted by Crippen LogP contribution is 2.38. The number of aromatic nitrogens is 2. The van der Waals surface area contributed by atoms with E-state index in [1.807, 2.05) is 24.3 Å². The number of methoxy groups -OCH3 is 3. The third-order valence-corrected chi connectivity index (χ3v) is 7.05. The second-order valence-corrected chi connectivity index (χ2v) is 9.74. The molecule has 8 heteroatoms. The monoisotopic (exact) mass is 545 g/mol. The molecule has 4 rings (SSSR count). The van der Waals surface area contributed by atoms with Gasteiger partial charge in [0.25, 0.3) is 5.91 Å². The number of hydrogen-bond donors (Lipinski definition) is 1. The van der Waals surface area contributed by atoms with Gasteiger partial charge in [-0.2, -0.15) is 0 Å². The van der Waals surface area contributed by atoms with Crippen LogP contribution >= 0.6 is 0 Å². The summed E-state index contributed by atoms with van der Waals surface area (Å²) in [6.07, 6.45) is 3.44. The lowest BCUT2D eigenvalue weighted by Crippen LogP contribution is -2.25. The number of benzene rings is 3. The first-order valence-corrected chi connectivity index (χ1v) is 13.7. The number of rotatable bonds is 14. The fourth-order valence-electron chi connectivity index (χ4n) is 4.69. The number of unbranched alkanes of at least 4 members (excludes halogenated alkanes) is 1. The Bertz CT molecular complexity index is 1420. The minimum absolute atomic E-state index is 0.198. The van der Waals surface area contributed by atoms with Gasteiger partial charge in [0.05, 0.1) is 39.0 Å². The largest absolute Gasteiger partial charge is 0.494 e. The second kappa shape index (κ2) is 13.7. The number of nitrogens with one attached hydrogen (secondary N) is 1. The standard InChI is InChI=1S/C32H39N3O5/c1-22-14-15-25(19-23(22)2)40-18-9-8-17-35-27-12-7-6-11-26(27)34-30(35)13-10-16-33-32(36)24-20-28(37-3)31(39-5)29(21-24)38-4/h6-7,11-12,14-15,19-21H,8-10,13,16-18H2,1-5H3,(H,33,36). The lowest BCUT2D eigenvalue weighted by molar-refractivity contribution is 0.0952. The van der Waals surface area contributed by atoms with Crippen molar-refractivity contribution in [3.05, 3.63) is 77.1 Å². The quantitative estimate of drug-likeness (QED) is 0.199. The van der Waals surface area contributed by atoms with Crippen LogP contribution in [0.5, 0.6) is 23.0 Å². The maximum absolute atomic E-state index is 12.8. The van der Waals surface area contributed by atoms with Gasteiger partial charge in [0, 0.05) is 25.1 Å². The molecule has 0 unspecified atom stereocenters. The van der Waals surface area contributed by atoms with Gasteiger partial charge in [-0.25, -0.2) is 4.98 Å². The minimum atomic E-state index is -0.198. The number of hydrogen-bond acceptors (Lipinski definition) is 6. The Kier molecular flexibility index (Phi) is 9.89. The van der Waals surface area contributed by atoms with Crippen molar-refractivity contribution in [2.24, 2.45) is 0 Å². The Labute approximate surface area is 236 Å². The summed E-state index contributed by atoms with van der Waals surface area (Å²) in [6, 6.07) is 17.8. The molecule has 1 heterocycles. The van der Waals surface area contributed by atoms with Crippen molar-refractivity contribution in [1.29, 1.82) is 0 Å².